The van der Waals surface area contributed by atoms with E-state index in [9.17, 15) is 0 Å². The number of anilines is 1. The Kier molecular flexibility index (Phi) is 6.68. The molecule has 6 nitrogen and oxygen atoms in total. The number of hydrogen-bond acceptors (Lipinski definition) is 5. The molecule has 2 rings (SSSR count). The average molecular weight is 321 g/mol. The third kappa shape index (κ3) is 8.13. The number of aryl methyl sites for hydroxylation is 1. The lowest BCUT2D eigenvalue weighted by atomic mass is 10.3. The van der Waals surface area contributed by atoms with Gasteiger partial charge in [0.1, 0.15) is 7.05 Å². The van der Waals surface area contributed by atoms with E-state index in [1.807, 2.05) is 84.7 Å². The van der Waals surface area contributed by atoms with E-state index in [0.717, 1.165) is 11.3 Å². The van der Waals surface area contributed by atoms with Crippen LogP contribution in [0.4, 0.5) is 5.69 Å². The SMILES string of the molecule is CN(N=Cc1cc[n+](C)cc1)c1ccccc1.CS(=O)(=O)[O-]. The summed E-state index contributed by atoms with van der Waals surface area (Å²) in [6.45, 7) is 0. The third-order valence-electron chi connectivity index (χ3n) is 2.51. The summed E-state index contributed by atoms with van der Waals surface area (Å²) in [6.07, 6.45) is 6.47. The van der Waals surface area contributed by atoms with Crippen LogP contribution in [0.15, 0.2) is 60.0 Å². The van der Waals surface area contributed by atoms with Crippen molar-refractivity contribution in [1.82, 2.24) is 0 Å². The summed E-state index contributed by atoms with van der Waals surface area (Å²) in [6, 6.07) is 14.1. The summed E-state index contributed by atoms with van der Waals surface area (Å²) in [5.41, 5.74) is 2.16. The lowest BCUT2D eigenvalue weighted by molar-refractivity contribution is -0.671. The summed E-state index contributed by atoms with van der Waals surface area (Å²) in [4.78, 5) is 0. The monoisotopic (exact) mass is 321 g/mol. The second-order valence-electron chi connectivity index (χ2n) is 4.60. The van der Waals surface area contributed by atoms with Crippen molar-refractivity contribution < 1.29 is 17.5 Å². The molecule has 0 fully saturated rings. The van der Waals surface area contributed by atoms with Gasteiger partial charge in [0.15, 0.2) is 12.4 Å². The van der Waals surface area contributed by atoms with Crippen LogP contribution >= 0.6 is 0 Å². The Balaban J connectivity index is 0.000000422. The number of aromatic nitrogens is 1. The van der Waals surface area contributed by atoms with E-state index >= 15 is 0 Å². The third-order valence-corrected chi connectivity index (χ3v) is 2.51. The molecule has 0 aliphatic carbocycles. The maximum absolute atomic E-state index is 9.08. The minimum absolute atomic E-state index is 0.604. The van der Waals surface area contributed by atoms with E-state index in [4.69, 9.17) is 13.0 Å². The normalized spacial score (nSPS) is 10.9. The van der Waals surface area contributed by atoms with E-state index in [-0.39, 0.29) is 0 Å². The van der Waals surface area contributed by atoms with Crippen molar-refractivity contribution in [3.63, 3.8) is 0 Å². The Morgan fingerprint density at radius 1 is 1.14 bits per heavy atom. The first-order valence-corrected chi connectivity index (χ1v) is 8.26. The fraction of sp³-hybridized carbons (Fsp3) is 0.200. The van der Waals surface area contributed by atoms with Crippen molar-refractivity contribution in [2.24, 2.45) is 12.1 Å². The van der Waals surface area contributed by atoms with Crippen LogP contribution in [0.1, 0.15) is 5.56 Å². The smallest absolute Gasteiger partial charge is 0.169 e. The Morgan fingerprint density at radius 3 is 2.14 bits per heavy atom. The van der Waals surface area contributed by atoms with Gasteiger partial charge in [-0.25, -0.2) is 13.0 Å². The summed E-state index contributed by atoms with van der Waals surface area (Å²) < 4.78 is 29.2. The van der Waals surface area contributed by atoms with Crippen LogP contribution in [0.25, 0.3) is 0 Å². The Morgan fingerprint density at radius 2 is 1.64 bits per heavy atom. The number of nitrogens with zero attached hydrogens (tertiary/aromatic N) is 3. The van der Waals surface area contributed by atoms with E-state index < -0.39 is 10.1 Å². The first kappa shape index (κ1) is 17.8. The van der Waals surface area contributed by atoms with Gasteiger partial charge in [-0.2, -0.15) is 5.10 Å². The van der Waals surface area contributed by atoms with Crippen LogP contribution in [0.2, 0.25) is 0 Å². The lowest BCUT2D eigenvalue weighted by Crippen LogP contribution is -2.25. The highest BCUT2D eigenvalue weighted by molar-refractivity contribution is 7.84. The molecule has 0 N–H and O–H groups in total. The molecule has 0 bridgehead atoms. The molecular weight excluding hydrogens is 302 g/mol. The van der Waals surface area contributed by atoms with Gasteiger partial charge in [0.25, 0.3) is 0 Å². The molecule has 0 spiro atoms. The van der Waals surface area contributed by atoms with Crippen LogP contribution in [0.3, 0.4) is 0 Å². The van der Waals surface area contributed by atoms with Crippen LogP contribution in [-0.4, -0.2) is 32.5 Å². The molecule has 0 atom stereocenters. The zero-order chi connectivity index (χ0) is 16.6. The highest BCUT2D eigenvalue weighted by Crippen LogP contribution is 2.10. The van der Waals surface area contributed by atoms with Gasteiger partial charge in [-0.05, 0) is 12.1 Å². The van der Waals surface area contributed by atoms with Gasteiger partial charge >= 0.3 is 0 Å². The standard InChI is InChI=1S/C14H16N3.CH4O3S/c1-16-10-8-13(9-11-16)12-15-17(2)14-6-4-3-5-7-14;1-5(2,3)4/h3-12H,1-2H3;1H3,(H,2,3,4)/q+1;/p-1. The van der Waals surface area contributed by atoms with E-state index in [1.54, 1.807) is 0 Å². The van der Waals surface area contributed by atoms with Crippen LogP contribution in [-0.2, 0) is 17.2 Å². The van der Waals surface area contributed by atoms with Crippen molar-refractivity contribution in [2.75, 3.05) is 18.3 Å². The minimum Gasteiger partial charge on any atom is -0.748 e. The molecule has 118 valence electrons. The number of pyridine rings is 1. The summed E-state index contributed by atoms with van der Waals surface area (Å²) in [5, 5.41) is 6.25. The zero-order valence-corrected chi connectivity index (χ0v) is 13.6. The second-order valence-corrected chi connectivity index (χ2v) is 6.01. The number of rotatable bonds is 3. The fourth-order valence-corrected chi connectivity index (χ4v) is 1.46. The fourth-order valence-electron chi connectivity index (χ4n) is 1.46. The molecule has 0 amide bonds. The van der Waals surface area contributed by atoms with Crippen molar-refractivity contribution >= 4 is 22.0 Å². The van der Waals surface area contributed by atoms with E-state index in [2.05, 4.69) is 5.10 Å². The molecule has 2 aromatic rings. The topological polar surface area (TPSA) is 76.7 Å². The van der Waals surface area contributed by atoms with Gasteiger partial charge in [0, 0.05) is 31.0 Å². The van der Waals surface area contributed by atoms with E-state index in [1.165, 1.54) is 0 Å². The molecule has 0 saturated heterocycles. The number of para-hydroxylation sites is 1. The number of benzene rings is 1. The molecule has 1 aromatic carbocycles. The molecular formula is C15H19N3O3S. The van der Waals surface area contributed by atoms with Gasteiger partial charge in [-0.3, -0.25) is 5.01 Å². The maximum atomic E-state index is 9.08. The van der Waals surface area contributed by atoms with Gasteiger partial charge in [-0.1, -0.05) is 18.2 Å². The average Bonchev–Trinajstić information content (AvgIpc) is 2.45. The van der Waals surface area contributed by atoms with Crippen LogP contribution < -0.4 is 9.58 Å². The molecule has 7 heteroatoms. The quantitative estimate of drug-likeness (QED) is 0.368. The number of hydrogen-bond donors (Lipinski definition) is 0. The second kappa shape index (κ2) is 8.26. The van der Waals surface area contributed by atoms with Crippen molar-refractivity contribution in [3.05, 3.63) is 60.4 Å². The molecule has 0 saturated carbocycles. The first-order chi connectivity index (χ1) is 10.3. The van der Waals surface area contributed by atoms with Crippen molar-refractivity contribution in [2.45, 2.75) is 0 Å². The first-order valence-electron chi connectivity index (χ1n) is 6.44. The Bertz CT molecular complexity index is 691. The molecule has 0 radical (unpaired) electrons. The van der Waals surface area contributed by atoms with Gasteiger partial charge in [-0.15, -0.1) is 0 Å². The summed E-state index contributed by atoms with van der Waals surface area (Å²) in [7, 11) is 0.0196. The predicted molar refractivity (Wildman–Crippen MR) is 85.7 cm³/mol. The summed E-state index contributed by atoms with van der Waals surface area (Å²) >= 11 is 0. The highest BCUT2D eigenvalue weighted by Gasteiger charge is 1.96. The minimum atomic E-state index is -3.92. The maximum Gasteiger partial charge on any atom is 0.169 e. The van der Waals surface area contributed by atoms with Crippen molar-refractivity contribution in [3.8, 4) is 0 Å². The summed E-state index contributed by atoms with van der Waals surface area (Å²) in [5.74, 6) is 0. The highest BCUT2D eigenvalue weighted by atomic mass is 32.2. The van der Waals surface area contributed by atoms with Gasteiger partial charge < -0.3 is 4.55 Å². The lowest BCUT2D eigenvalue weighted by Gasteiger charge is -2.11. The van der Waals surface area contributed by atoms with Crippen LogP contribution in [0.5, 0.6) is 0 Å². The molecule has 0 aliphatic rings. The molecule has 1 heterocycles. The van der Waals surface area contributed by atoms with Gasteiger partial charge in [0.05, 0.1) is 22.0 Å². The molecule has 1 aromatic heterocycles. The predicted octanol–water partition coefficient (Wildman–Crippen LogP) is 1.14. The zero-order valence-electron chi connectivity index (χ0n) is 12.7. The number of hydrazone groups is 1. The van der Waals surface area contributed by atoms with Crippen molar-refractivity contribution in [1.29, 1.82) is 0 Å². The van der Waals surface area contributed by atoms with Crippen LogP contribution in [0, 0.1) is 0 Å². The molecule has 0 unspecified atom stereocenters. The Hall–Kier alpha value is -2.25. The largest absolute Gasteiger partial charge is 0.748 e. The molecule has 0 aliphatic heterocycles. The van der Waals surface area contributed by atoms with E-state index in [0.29, 0.717) is 6.26 Å². The Labute approximate surface area is 131 Å². The van der Waals surface area contributed by atoms with Gasteiger partial charge in [0.2, 0.25) is 0 Å². The molecule has 22 heavy (non-hydrogen) atoms.